The molecule has 1 heterocycles. The van der Waals surface area contributed by atoms with Gasteiger partial charge in [-0.05, 0) is 24.6 Å². The van der Waals surface area contributed by atoms with Crippen LogP contribution in [0.1, 0.15) is 26.3 Å². The number of nitrogens with one attached hydrogen (secondary N) is 2. The molecule has 0 bridgehead atoms. The lowest BCUT2D eigenvalue weighted by molar-refractivity contribution is 0.0961. The van der Waals surface area contributed by atoms with Crippen molar-refractivity contribution in [3.05, 3.63) is 47.3 Å². The van der Waals surface area contributed by atoms with Gasteiger partial charge < -0.3 is 10.6 Å². The Kier molecular flexibility index (Phi) is 3.84. The summed E-state index contributed by atoms with van der Waals surface area (Å²) in [5.74, 6) is -0.447. The zero-order valence-electron chi connectivity index (χ0n) is 11.6. The van der Waals surface area contributed by atoms with Gasteiger partial charge in [0.05, 0.1) is 11.8 Å². The van der Waals surface area contributed by atoms with Crippen molar-refractivity contribution in [2.24, 2.45) is 7.05 Å². The monoisotopic (exact) mass is 272 g/mol. The van der Waals surface area contributed by atoms with E-state index in [0.29, 0.717) is 16.8 Å². The summed E-state index contributed by atoms with van der Waals surface area (Å²) >= 11 is 0. The highest BCUT2D eigenvalue weighted by Crippen LogP contribution is 2.18. The van der Waals surface area contributed by atoms with Crippen molar-refractivity contribution in [3.63, 3.8) is 0 Å². The summed E-state index contributed by atoms with van der Waals surface area (Å²) in [6, 6.07) is 5.17. The van der Waals surface area contributed by atoms with Gasteiger partial charge in [-0.15, -0.1) is 0 Å². The normalized spacial score (nSPS) is 10.2. The number of carbonyl (C=O) groups is 2. The second-order valence-electron chi connectivity index (χ2n) is 4.47. The summed E-state index contributed by atoms with van der Waals surface area (Å²) in [5.41, 5.74) is 2.46. The van der Waals surface area contributed by atoms with Crippen LogP contribution in [0.2, 0.25) is 0 Å². The lowest BCUT2D eigenvalue weighted by Crippen LogP contribution is -2.19. The fraction of sp³-hybridized carbons (Fsp3) is 0.214. The van der Waals surface area contributed by atoms with Gasteiger partial charge in [0.1, 0.15) is 0 Å². The topological polar surface area (TPSA) is 76.0 Å². The zero-order valence-corrected chi connectivity index (χ0v) is 11.6. The van der Waals surface area contributed by atoms with Crippen molar-refractivity contribution in [3.8, 4) is 0 Å². The van der Waals surface area contributed by atoms with Gasteiger partial charge in [-0.25, -0.2) is 0 Å². The first-order valence-electron chi connectivity index (χ1n) is 6.14. The molecule has 0 atom stereocenters. The molecule has 6 heteroatoms. The van der Waals surface area contributed by atoms with Gasteiger partial charge in [-0.2, -0.15) is 5.10 Å². The van der Waals surface area contributed by atoms with Crippen LogP contribution in [0.25, 0.3) is 0 Å². The molecule has 0 aliphatic carbocycles. The Labute approximate surface area is 116 Å². The fourth-order valence-electron chi connectivity index (χ4n) is 1.78. The number of anilines is 1. The summed E-state index contributed by atoms with van der Waals surface area (Å²) in [5, 5.41) is 9.29. The molecule has 20 heavy (non-hydrogen) atoms. The molecule has 0 spiro atoms. The molecule has 6 nitrogen and oxygen atoms in total. The maximum atomic E-state index is 12.1. The Hall–Kier alpha value is -2.63. The molecule has 2 N–H and O–H groups in total. The molecule has 2 rings (SSSR count). The maximum Gasteiger partial charge on any atom is 0.258 e. The van der Waals surface area contributed by atoms with Gasteiger partial charge in [0.15, 0.2) is 0 Å². The lowest BCUT2D eigenvalue weighted by Gasteiger charge is -2.09. The quantitative estimate of drug-likeness (QED) is 0.885. The molecule has 0 aliphatic rings. The van der Waals surface area contributed by atoms with Crippen LogP contribution in [-0.4, -0.2) is 28.6 Å². The number of amides is 2. The van der Waals surface area contributed by atoms with Crippen molar-refractivity contribution < 1.29 is 9.59 Å². The van der Waals surface area contributed by atoms with Crippen molar-refractivity contribution >= 4 is 17.5 Å². The Balaban J connectivity index is 2.24. The molecule has 104 valence electrons. The van der Waals surface area contributed by atoms with E-state index in [-0.39, 0.29) is 11.8 Å². The van der Waals surface area contributed by atoms with E-state index in [0.717, 1.165) is 5.56 Å². The molecule has 2 aromatic rings. The minimum absolute atomic E-state index is 0.193. The number of nitrogens with zero attached hydrogens (tertiary/aromatic N) is 2. The largest absolute Gasteiger partial charge is 0.355 e. The predicted octanol–water partition coefficient (Wildman–Crippen LogP) is 1.34. The van der Waals surface area contributed by atoms with Gasteiger partial charge >= 0.3 is 0 Å². The number of aryl methyl sites for hydroxylation is 2. The van der Waals surface area contributed by atoms with E-state index in [9.17, 15) is 9.59 Å². The molecule has 0 unspecified atom stereocenters. The van der Waals surface area contributed by atoms with Crippen LogP contribution in [0.15, 0.2) is 30.6 Å². The average molecular weight is 272 g/mol. The van der Waals surface area contributed by atoms with Crippen molar-refractivity contribution in [1.82, 2.24) is 15.1 Å². The van der Waals surface area contributed by atoms with Crippen LogP contribution in [0.5, 0.6) is 0 Å². The second-order valence-corrected chi connectivity index (χ2v) is 4.47. The zero-order chi connectivity index (χ0) is 14.7. The third-order valence-electron chi connectivity index (χ3n) is 2.94. The Bertz CT molecular complexity index is 661. The first kappa shape index (κ1) is 13.8. The van der Waals surface area contributed by atoms with Crippen LogP contribution in [0, 0.1) is 6.92 Å². The molecule has 0 saturated carbocycles. The van der Waals surface area contributed by atoms with Crippen molar-refractivity contribution in [1.29, 1.82) is 0 Å². The summed E-state index contributed by atoms with van der Waals surface area (Å²) < 4.78 is 1.56. The summed E-state index contributed by atoms with van der Waals surface area (Å²) in [6.45, 7) is 1.87. The summed E-state index contributed by atoms with van der Waals surface area (Å²) in [4.78, 5) is 23.7. The number of benzene rings is 1. The van der Waals surface area contributed by atoms with Crippen molar-refractivity contribution in [2.75, 3.05) is 12.4 Å². The number of hydrogen-bond donors (Lipinski definition) is 2. The molecular formula is C14H16N4O2. The Morgan fingerprint density at radius 2 is 1.95 bits per heavy atom. The van der Waals surface area contributed by atoms with E-state index < -0.39 is 0 Å². The fourth-order valence-corrected chi connectivity index (χ4v) is 1.78. The number of aromatic nitrogens is 2. The minimum Gasteiger partial charge on any atom is -0.355 e. The molecule has 0 radical (unpaired) electrons. The van der Waals surface area contributed by atoms with E-state index in [1.54, 1.807) is 43.2 Å². The third kappa shape index (κ3) is 2.85. The van der Waals surface area contributed by atoms with E-state index in [1.165, 1.54) is 6.20 Å². The van der Waals surface area contributed by atoms with Crippen LogP contribution in [0.3, 0.4) is 0 Å². The van der Waals surface area contributed by atoms with Gasteiger partial charge in [-0.1, -0.05) is 6.07 Å². The van der Waals surface area contributed by atoms with Crippen LogP contribution < -0.4 is 10.6 Å². The highest BCUT2D eigenvalue weighted by Gasteiger charge is 2.11. The Morgan fingerprint density at radius 3 is 2.55 bits per heavy atom. The first-order chi connectivity index (χ1) is 9.51. The summed E-state index contributed by atoms with van der Waals surface area (Å²) in [6.07, 6.45) is 3.13. The van der Waals surface area contributed by atoms with E-state index in [2.05, 4.69) is 15.7 Å². The minimum atomic E-state index is -0.254. The molecule has 0 aliphatic heterocycles. The molecule has 1 aromatic carbocycles. The Morgan fingerprint density at radius 1 is 1.20 bits per heavy atom. The second kappa shape index (κ2) is 5.56. The molecular weight excluding hydrogens is 256 g/mol. The third-order valence-corrected chi connectivity index (χ3v) is 2.94. The highest BCUT2D eigenvalue weighted by atomic mass is 16.2. The lowest BCUT2D eigenvalue weighted by atomic mass is 10.1. The first-order valence-corrected chi connectivity index (χ1v) is 6.14. The molecule has 2 amide bonds. The van der Waals surface area contributed by atoms with Gasteiger partial charge in [0.2, 0.25) is 0 Å². The van der Waals surface area contributed by atoms with E-state index in [4.69, 9.17) is 0 Å². The van der Waals surface area contributed by atoms with E-state index in [1.807, 2.05) is 6.92 Å². The maximum absolute atomic E-state index is 12.1. The average Bonchev–Trinajstić information content (AvgIpc) is 2.87. The molecule has 1 aromatic heterocycles. The van der Waals surface area contributed by atoms with Crippen LogP contribution in [0.4, 0.5) is 5.69 Å². The van der Waals surface area contributed by atoms with Gasteiger partial charge in [-0.3, -0.25) is 14.3 Å². The number of hydrogen-bond acceptors (Lipinski definition) is 3. The van der Waals surface area contributed by atoms with Crippen LogP contribution in [-0.2, 0) is 7.05 Å². The highest BCUT2D eigenvalue weighted by molar-refractivity contribution is 6.05. The van der Waals surface area contributed by atoms with Gasteiger partial charge in [0, 0.05) is 31.5 Å². The summed E-state index contributed by atoms with van der Waals surface area (Å²) in [7, 11) is 3.31. The smallest absolute Gasteiger partial charge is 0.258 e. The predicted molar refractivity (Wildman–Crippen MR) is 75.7 cm³/mol. The van der Waals surface area contributed by atoms with Gasteiger partial charge in [0.25, 0.3) is 11.8 Å². The molecule has 0 fully saturated rings. The molecule has 0 saturated heterocycles. The SMILES string of the molecule is CNC(=O)c1ccc(C)c(NC(=O)c2cnn(C)c2)c1. The number of rotatable bonds is 3. The van der Waals surface area contributed by atoms with Crippen LogP contribution >= 0.6 is 0 Å². The standard InChI is InChI=1S/C14H16N4O2/c1-9-4-5-10(13(19)15-2)6-12(9)17-14(20)11-7-16-18(3)8-11/h4-8H,1-3H3,(H,15,19)(H,17,20). The van der Waals surface area contributed by atoms with E-state index >= 15 is 0 Å². The van der Waals surface area contributed by atoms with Crippen molar-refractivity contribution in [2.45, 2.75) is 6.92 Å². The number of carbonyl (C=O) groups excluding carboxylic acids is 2.